The van der Waals surface area contributed by atoms with Gasteiger partial charge in [0.1, 0.15) is 60.1 Å². The molecule has 0 heterocycles. The lowest BCUT2D eigenvalue weighted by Crippen LogP contribution is -2.61. The van der Waals surface area contributed by atoms with Crippen molar-refractivity contribution >= 4 is 82.9 Å². The van der Waals surface area contributed by atoms with E-state index >= 15 is 0 Å². The summed E-state index contributed by atoms with van der Waals surface area (Å²) in [5.41, 5.74) is 61.4. The number of nitrogens with two attached hydrogens (primary N) is 11. The molecule has 506 valence electrons. The maximum absolute atomic E-state index is 14.8. The van der Waals surface area contributed by atoms with Crippen molar-refractivity contribution in [1.82, 2.24) is 47.9 Å². The van der Waals surface area contributed by atoms with Crippen LogP contribution < -0.4 is 111 Å². The minimum atomic E-state index is -1.54. The van der Waals surface area contributed by atoms with Crippen LogP contribution in [0.15, 0.2) is 44.2 Å². The van der Waals surface area contributed by atoms with Crippen molar-refractivity contribution in [3.63, 3.8) is 0 Å². The fourth-order valence-corrected chi connectivity index (χ4v) is 8.66. The Morgan fingerprint density at radius 3 is 1.00 bits per heavy atom. The molecule has 1 aromatic carbocycles. The Morgan fingerprint density at radius 2 is 0.689 bits per heavy atom. The molecular formula is C54H98N24O12. The summed E-state index contributed by atoms with van der Waals surface area (Å²) in [7, 11) is 0. The lowest BCUT2D eigenvalue weighted by atomic mass is 10.0. The molecule has 0 fully saturated rings. The minimum absolute atomic E-state index is 0.00152. The highest BCUT2D eigenvalue weighted by atomic mass is 16.3. The molecule has 0 saturated carbocycles. The second-order valence-electron chi connectivity index (χ2n) is 21.2. The largest absolute Gasteiger partial charge is 0.508 e. The number of phenolic OH excluding ortho intramolecular Hbond substituents is 1. The van der Waals surface area contributed by atoms with Gasteiger partial charge in [-0.05, 0) is 135 Å². The Morgan fingerprint density at radius 1 is 0.400 bits per heavy atom. The zero-order chi connectivity index (χ0) is 67.9. The smallest absolute Gasteiger partial charge is 0.243 e. The van der Waals surface area contributed by atoms with Gasteiger partial charge in [0.25, 0.3) is 0 Å². The number of nitrogens with one attached hydrogen (secondary N) is 9. The van der Waals surface area contributed by atoms with Crippen molar-refractivity contribution in [3.8, 4) is 5.75 Å². The van der Waals surface area contributed by atoms with Crippen LogP contribution in [0.3, 0.4) is 0 Å². The van der Waals surface area contributed by atoms with Crippen LogP contribution in [0.1, 0.15) is 116 Å². The minimum Gasteiger partial charge on any atom is -0.508 e. The number of aliphatic imine (C=N–C) groups is 4. The normalized spacial score (nSPS) is 14.2. The fraction of sp³-hybridized carbons (Fsp3) is 0.630. The summed E-state index contributed by atoms with van der Waals surface area (Å²) in [5.74, 6) is -9.62. The number of phenols is 1. The zero-order valence-electron chi connectivity index (χ0n) is 51.5. The molecule has 36 nitrogen and oxygen atoms in total. The highest BCUT2D eigenvalue weighted by Gasteiger charge is 2.35. The second-order valence-corrected chi connectivity index (χ2v) is 21.2. The Balaban J connectivity index is 3.81. The van der Waals surface area contributed by atoms with Crippen LogP contribution in [-0.2, 0) is 54.4 Å². The molecule has 0 saturated heterocycles. The molecule has 36 heteroatoms. The van der Waals surface area contributed by atoms with Gasteiger partial charge < -0.3 is 121 Å². The lowest BCUT2D eigenvalue weighted by Gasteiger charge is -2.28. The summed E-state index contributed by atoms with van der Waals surface area (Å²) in [6.45, 7) is 4.32. The Kier molecular flexibility index (Phi) is 37.9. The molecule has 0 aromatic heterocycles. The highest BCUT2D eigenvalue weighted by molar-refractivity contribution is 5.98. The predicted molar refractivity (Wildman–Crippen MR) is 337 cm³/mol. The van der Waals surface area contributed by atoms with Gasteiger partial charge in [-0.2, -0.15) is 0 Å². The van der Waals surface area contributed by atoms with Crippen LogP contribution in [0.2, 0.25) is 0 Å². The number of rotatable bonds is 45. The topological polar surface area (TPSA) is 655 Å². The summed E-state index contributed by atoms with van der Waals surface area (Å²) in [6.07, 6.45) is -0.0962. The Bertz CT molecular complexity index is 2590. The lowest BCUT2D eigenvalue weighted by molar-refractivity contribution is -0.136. The maximum atomic E-state index is 14.8. The molecule has 10 amide bonds. The molecule has 0 unspecified atom stereocenters. The van der Waals surface area contributed by atoms with E-state index in [1.54, 1.807) is 0 Å². The molecule has 1 rings (SSSR count). The number of primary amides is 1. The van der Waals surface area contributed by atoms with Crippen molar-refractivity contribution in [2.24, 2.45) is 83.0 Å². The van der Waals surface area contributed by atoms with Crippen LogP contribution >= 0.6 is 0 Å². The number of carbonyl (C=O) groups is 10. The molecule has 0 bridgehead atoms. The SMILES string of the molecule is CC(=O)N[C@@H](CCCN=C(N)N)C(=O)N[C@@H](C)C(=O)N[C@@H](CCCN=C(N)N)C(=O)N[C@@H](Cc1ccc(O)cc1)C(=O)N[C@@H](CCCN=C(N)N)C(=O)N[C@@H](CCCCN)C(=O)N[C@@H](CCCCN)C(=O)N[C@@H](CCCN=C(N)N)C(=O)N[C@H](C(N)=O)[C@@H](C)O. The van der Waals surface area contributed by atoms with Crippen LogP contribution in [0.5, 0.6) is 5.75 Å². The number of aromatic hydroxyl groups is 1. The summed E-state index contributed by atoms with van der Waals surface area (Å²) in [4.78, 5) is 153. The van der Waals surface area contributed by atoms with Gasteiger partial charge >= 0.3 is 0 Å². The number of amides is 10. The maximum Gasteiger partial charge on any atom is 0.243 e. The number of aliphatic hydroxyl groups excluding tert-OH is 1. The third-order valence-electron chi connectivity index (χ3n) is 13.4. The summed E-state index contributed by atoms with van der Waals surface area (Å²) < 4.78 is 0. The predicted octanol–water partition coefficient (Wildman–Crippen LogP) is -8.32. The molecule has 0 aliphatic rings. The van der Waals surface area contributed by atoms with E-state index in [0.717, 1.165) is 0 Å². The molecule has 0 radical (unpaired) electrons. The Hall–Kier alpha value is -9.32. The van der Waals surface area contributed by atoms with E-state index in [9.17, 15) is 58.2 Å². The number of guanidine groups is 4. The van der Waals surface area contributed by atoms with E-state index in [1.165, 1.54) is 45.0 Å². The first-order valence-corrected chi connectivity index (χ1v) is 29.6. The zero-order valence-corrected chi connectivity index (χ0v) is 51.5. The molecule has 10 atom stereocenters. The number of benzene rings is 1. The number of nitrogens with zero attached hydrogens (tertiary/aromatic N) is 4. The number of carbonyl (C=O) groups excluding carboxylic acids is 10. The molecule has 0 aliphatic carbocycles. The molecule has 0 spiro atoms. The van der Waals surface area contributed by atoms with Gasteiger partial charge in [-0.1, -0.05) is 12.1 Å². The van der Waals surface area contributed by atoms with Crippen molar-refractivity contribution in [2.75, 3.05) is 39.3 Å². The molecular weight excluding hydrogens is 1180 g/mol. The quantitative estimate of drug-likeness (QED) is 0.0164. The van der Waals surface area contributed by atoms with Gasteiger partial charge in [-0.3, -0.25) is 67.9 Å². The molecule has 0 aliphatic heterocycles. The molecule has 33 N–H and O–H groups in total. The van der Waals surface area contributed by atoms with Crippen LogP contribution in [0, 0.1) is 0 Å². The average molecular weight is 1280 g/mol. The van der Waals surface area contributed by atoms with E-state index in [0.29, 0.717) is 24.8 Å². The van der Waals surface area contributed by atoms with Gasteiger partial charge in [-0.25, -0.2) is 0 Å². The number of aliphatic hydroxyl groups is 1. The number of hydrogen-bond acceptors (Lipinski definition) is 18. The van der Waals surface area contributed by atoms with Gasteiger partial charge in [0.05, 0.1) is 6.10 Å². The van der Waals surface area contributed by atoms with Gasteiger partial charge in [0.2, 0.25) is 59.1 Å². The standard InChI is InChI=1S/C54H98N24O12/c1-29(70-44(84)34(71-31(3)80)14-8-24-66-51(58)59)43(83)72-37(15-9-25-67-52(60)61)48(88)77-40(28-32-18-20-33(81)21-19-32)50(90)76-38(16-10-26-68-53(62)63)47(87)74-35(12-4-6-22-55)45(85)73-36(13-5-7-23-56)46(86)75-39(17-11-27-69-54(64)65)49(89)78-41(30(2)79)42(57)82/h18-21,29-30,34-41,79,81H,4-17,22-28,55-56H2,1-3H3,(H2,57,82)(H,70,84)(H,71,80)(H,72,83)(H,73,85)(H,74,87)(H,75,86)(H,76,90)(H,77,88)(H,78,89)(H4,58,59,66)(H4,60,61,67)(H4,62,63,68)(H4,64,65,69)/t29-,30+,34-,35-,36-,37-,38-,39-,40-,41-/m0/s1. The number of unbranched alkanes of at least 4 members (excludes halogenated alkanes) is 2. The van der Waals surface area contributed by atoms with E-state index in [4.69, 9.17) is 63.1 Å². The highest BCUT2D eigenvalue weighted by Crippen LogP contribution is 2.14. The van der Waals surface area contributed by atoms with Crippen LogP contribution in [-0.4, -0.2) is 193 Å². The first-order valence-electron chi connectivity index (χ1n) is 29.6. The van der Waals surface area contributed by atoms with Crippen LogP contribution in [0.4, 0.5) is 0 Å². The third-order valence-corrected chi connectivity index (χ3v) is 13.4. The van der Waals surface area contributed by atoms with Crippen molar-refractivity contribution in [3.05, 3.63) is 29.8 Å². The van der Waals surface area contributed by atoms with E-state index < -0.39 is 120 Å². The summed E-state index contributed by atoms with van der Waals surface area (Å²) in [6, 6.07) is -6.92. The van der Waals surface area contributed by atoms with Crippen molar-refractivity contribution < 1.29 is 58.2 Å². The first kappa shape index (κ1) is 78.7. The van der Waals surface area contributed by atoms with Crippen molar-refractivity contribution in [2.45, 2.75) is 178 Å². The monoisotopic (exact) mass is 1270 g/mol. The van der Waals surface area contributed by atoms with E-state index in [-0.39, 0.29) is 146 Å². The Labute approximate surface area is 522 Å². The van der Waals surface area contributed by atoms with Crippen molar-refractivity contribution in [1.29, 1.82) is 0 Å². The van der Waals surface area contributed by atoms with Gasteiger partial charge in [0, 0.05) is 39.5 Å². The summed E-state index contributed by atoms with van der Waals surface area (Å²) >= 11 is 0. The average Bonchev–Trinajstić information content (AvgIpc) is 1.73. The molecule has 1 aromatic rings. The van der Waals surface area contributed by atoms with E-state index in [2.05, 4.69) is 67.8 Å². The number of hydrogen-bond donors (Lipinski definition) is 22. The first-order chi connectivity index (χ1) is 42.5. The second kappa shape index (κ2) is 43.3. The van der Waals surface area contributed by atoms with E-state index in [1.807, 2.05) is 0 Å². The third kappa shape index (κ3) is 33.7. The fourth-order valence-electron chi connectivity index (χ4n) is 8.66. The van der Waals surface area contributed by atoms with Crippen LogP contribution in [0.25, 0.3) is 0 Å². The molecule has 90 heavy (non-hydrogen) atoms. The van der Waals surface area contributed by atoms with Gasteiger partial charge in [0.15, 0.2) is 23.8 Å². The van der Waals surface area contributed by atoms with Gasteiger partial charge in [-0.15, -0.1) is 0 Å². The summed E-state index contributed by atoms with van der Waals surface area (Å²) in [5, 5.41) is 43.6.